The zero-order chi connectivity index (χ0) is 27.2. The highest BCUT2D eigenvalue weighted by molar-refractivity contribution is 5.95. The van der Waals surface area contributed by atoms with Crippen molar-refractivity contribution in [2.45, 2.75) is 112 Å². The van der Waals surface area contributed by atoms with Crippen LogP contribution >= 0.6 is 0 Å². The summed E-state index contributed by atoms with van der Waals surface area (Å²) in [6.45, 7) is 15.9. The molecule has 0 aromatic carbocycles. The minimum atomic E-state index is -0.591. The molecule has 0 aromatic heterocycles. The molecule has 0 heterocycles. The van der Waals surface area contributed by atoms with Crippen molar-refractivity contribution in [2.75, 3.05) is 13.2 Å². The monoisotopic (exact) mass is 514 g/mol. The fourth-order valence-electron chi connectivity index (χ4n) is 10.7. The van der Waals surface area contributed by atoms with E-state index in [-0.39, 0.29) is 70.0 Å². The van der Waals surface area contributed by atoms with Crippen molar-refractivity contribution in [3.8, 4) is 0 Å². The highest BCUT2D eigenvalue weighted by Crippen LogP contribution is 2.75. The van der Waals surface area contributed by atoms with Gasteiger partial charge in [0.15, 0.2) is 5.78 Å². The van der Waals surface area contributed by atoms with Crippen molar-refractivity contribution in [1.29, 1.82) is 0 Å². The number of hydrogen-bond donors (Lipinski definition) is 2. The smallest absolute Gasteiger partial charge is 0.311 e. The molecule has 0 saturated heterocycles. The van der Waals surface area contributed by atoms with Gasteiger partial charge in [0.25, 0.3) is 0 Å². The fourth-order valence-corrected chi connectivity index (χ4v) is 10.7. The molecule has 0 amide bonds. The van der Waals surface area contributed by atoms with Gasteiger partial charge in [0.05, 0.1) is 18.1 Å². The number of ether oxygens (including phenoxy) is 1. The van der Waals surface area contributed by atoms with E-state index in [9.17, 15) is 19.8 Å². The maximum Gasteiger partial charge on any atom is 0.311 e. The van der Waals surface area contributed by atoms with Crippen molar-refractivity contribution in [1.82, 2.24) is 0 Å². The number of esters is 1. The quantitative estimate of drug-likeness (QED) is 0.461. The van der Waals surface area contributed by atoms with Crippen LogP contribution < -0.4 is 0 Å². The number of aliphatic hydroxyl groups excluding tert-OH is 2. The zero-order valence-corrected chi connectivity index (χ0v) is 24.3. The Morgan fingerprint density at radius 2 is 1.65 bits per heavy atom. The van der Waals surface area contributed by atoms with Crippen LogP contribution in [0.25, 0.3) is 0 Å². The number of carbonyl (C=O) groups excluding carboxylic acids is 2. The van der Waals surface area contributed by atoms with Crippen molar-refractivity contribution in [2.24, 2.45) is 50.2 Å². The number of aliphatic hydroxyl groups is 2. The second-order valence-corrected chi connectivity index (χ2v) is 15.5. The molecule has 0 bridgehead atoms. The van der Waals surface area contributed by atoms with Crippen LogP contribution in [0.4, 0.5) is 0 Å². The van der Waals surface area contributed by atoms with Gasteiger partial charge in [-0.3, -0.25) is 9.59 Å². The van der Waals surface area contributed by atoms with Crippen molar-refractivity contribution >= 4 is 11.8 Å². The number of hydrogen-bond acceptors (Lipinski definition) is 5. The number of rotatable bonds is 3. The Balaban J connectivity index is 1.56. The predicted molar refractivity (Wildman–Crippen MR) is 143 cm³/mol. The summed E-state index contributed by atoms with van der Waals surface area (Å²) in [6, 6.07) is 0. The van der Waals surface area contributed by atoms with Gasteiger partial charge in [0, 0.05) is 5.92 Å². The Kier molecular flexibility index (Phi) is 6.21. The maximum atomic E-state index is 14.3. The third kappa shape index (κ3) is 3.54. The van der Waals surface area contributed by atoms with Gasteiger partial charge in [0.1, 0.15) is 6.61 Å². The van der Waals surface area contributed by atoms with Gasteiger partial charge >= 0.3 is 5.97 Å². The first-order valence-corrected chi connectivity index (χ1v) is 14.8. The van der Waals surface area contributed by atoms with Gasteiger partial charge in [-0.05, 0) is 110 Å². The molecular weight excluding hydrogens is 464 g/mol. The van der Waals surface area contributed by atoms with Crippen LogP contribution in [0.15, 0.2) is 11.6 Å². The summed E-state index contributed by atoms with van der Waals surface area (Å²) in [5, 5.41) is 20.1. The number of allylic oxidation sites excluding steroid dienone is 2. The average molecular weight is 515 g/mol. The summed E-state index contributed by atoms with van der Waals surface area (Å²) in [6.07, 6.45) is 10.1. The van der Waals surface area contributed by atoms with E-state index in [0.717, 1.165) is 51.4 Å². The zero-order valence-electron chi connectivity index (χ0n) is 24.3. The second-order valence-electron chi connectivity index (χ2n) is 15.5. The van der Waals surface area contributed by atoms with E-state index >= 15 is 0 Å². The Labute approximate surface area is 223 Å². The molecule has 5 heteroatoms. The van der Waals surface area contributed by atoms with Gasteiger partial charge < -0.3 is 14.9 Å². The molecule has 5 aliphatic carbocycles. The molecule has 4 fully saturated rings. The van der Waals surface area contributed by atoms with E-state index in [1.54, 1.807) is 0 Å². The summed E-state index contributed by atoms with van der Waals surface area (Å²) in [5.41, 5.74) is 0.263. The third-order valence-electron chi connectivity index (χ3n) is 13.4. The molecule has 0 radical (unpaired) electrons. The minimum Gasteiger partial charge on any atom is -0.463 e. The number of fused-ring (bicyclic) bond motifs is 7. The first-order chi connectivity index (χ1) is 17.1. The molecule has 4 saturated carbocycles. The van der Waals surface area contributed by atoms with E-state index < -0.39 is 5.41 Å². The molecular formula is C32H50O5. The highest BCUT2D eigenvalue weighted by Gasteiger charge is 2.70. The summed E-state index contributed by atoms with van der Waals surface area (Å²) in [5.74, 6) is 0.557. The summed E-state index contributed by atoms with van der Waals surface area (Å²) in [7, 11) is 0. The Morgan fingerprint density at radius 1 is 0.973 bits per heavy atom. The molecule has 2 N–H and O–H groups in total. The first kappa shape index (κ1) is 27.4. The van der Waals surface area contributed by atoms with Gasteiger partial charge in [-0.2, -0.15) is 0 Å². The SMILES string of the molecule is CC1(C)[C@@H](O)CC[C@]2(C)[C@H]3C(=O)C=C4[C@@H]5C[C@@](C)(C(=O)OCCO)CC[C@]5(C)CC[C@@]4(C)[C@]3(C)CC[C@@H]12. The lowest BCUT2D eigenvalue weighted by Gasteiger charge is -2.70. The van der Waals surface area contributed by atoms with Crippen LogP contribution in [-0.4, -0.2) is 41.3 Å². The van der Waals surface area contributed by atoms with E-state index in [1.807, 2.05) is 13.0 Å². The molecule has 9 atom stereocenters. The summed E-state index contributed by atoms with van der Waals surface area (Å²) in [4.78, 5) is 27.4. The molecule has 37 heavy (non-hydrogen) atoms. The second kappa shape index (κ2) is 8.40. The molecule has 0 unspecified atom stereocenters. The lowest BCUT2D eigenvalue weighted by atomic mass is 9.33. The van der Waals surface area contributed by atoms with Crippen LogP contribution in [0, 0.1) is 50.2 Å². The third-order valence-corrected chi connectivity index (χ3v) is 13.4. The van der Waals surface area contributed by atoms with Crippen LogP contribution in [0.1, 0.15) is 106 Å². The lowest BCUT2D eigenvalue weighted by molar-refractivity contribution is -0.202. The van der Waals surface area contributed by atoms with Gasteiger partial charge in [-0.25, -0.2) is 0 Å². The Bertz CT molecular complexity index is 1010. The van der Waals surface area contributed by atoms with Crippen LogP contribution in [0.3, 0.4) is 0 Å². The maximum absolute atomic E-state index is 14.3. The topological polar surface area (TPSA) is 83.8 Å². The summed E-state index contributed by atoms with van der Waals surface area (Å²) >= 11 is 0. The molecule has 0 aliphatic heterocycles. The molecule has 208 valence electrons. The van der Waals surface area contributed by atoms with E-state index in [2.05, 4.69) is 41.5 Å². The van der Waals surface area contributed by atoms with Crippen LogP contribution in [0.5, 0.6) is 0 Å². The average Bonchev–Trinajstić information content (AvgIpc) is 2.82. The molecule has 5 rings (SSSR count). The van der Waals surface area contributed by atoms with Crippen molar-refractivity contribution in [3.63, 3.8) is 0 Å². The highest BCUT2D eigenvalue weighted by atomic mass is 16.5. The van der Waals surface area contributed by atoms with Crippen molar-refractivity contribution in [3.05, 3.63) is 11.6 Å². The van der Waals surface area contributed by atoms with Crippen molar-refractivity contribution < 1.29 is 24.5 Å². The Hall–Kier alpha value is -1.20. The van der Waals surface area contributed by atoms with E-state index in [4.69, 9.17) is 4.74 Å². The molecule has 0 spiro atoms. The standard InChI is InChI=1S/C32H50O5/c1-27(2)23-8-11-32(7)25(30(23,5)10-9-24(27)35)22(34)18-20-21-19-29(4,26(36)37-17-16-33)13-12-28(21,3)14-15-31(20,32)6/h18,21,23-25,33,35H,8-17,19H2,1-7H3/t21-,23-,24-,25+,28+,29-,30-,31+,32+/m0/s1. The van der Waals surface area contributed by atoms with Gasteiger partial charge in [-0.15, -0.1) is 0 Å². The number of ketones is 1. The van der Waals surface area contributed by atoms with Gasteiger partial charge in [-0.1, -0.05) is 47.1 Å². The molecule has 5 aliphatic rings. The van der Waals surface area contributed by atoms with Crippen LogP contribution in [-0.2, 0) is 14.3 Å². The summed E-state index contributed by atoms with van der Waals surface area (Å²) < 4.78 is 5.44. The van der Waals surface area contributed by atoms with Gasteiger partial charge in [0.2, 0.25) is 0 Å². The number of carbonyl (C=O) groups is 2. The van der Waals surface area contributed by atoms with E-state index in [1.165, 1.54) is 5.57 Å². The predicted octanol–water partition coefficient (Wildman–Crippen LogP) is 5.86. The Morgan fingerprint density at radius 3 is 2.32 bits per heavy atom. The molecule has 5 nitrogen and oxygen atoms in total. The fraction of sp³-hybridized carbons (Fsp3) is 0.875. The first-order valence-electron chi connectivity index (χ1n) is 14.8. The van der Waals surface area contributed by atoms with E-state index in [0.29, 0.717) is 12.3 Å². The normalized spacial score (nSPS) is 50.6. The lowest BCUT2D eigenvalue weighted by Crippen LogP contribution is -2.66. The largest absolute Gasteiger partial charge is 0.463 e. The van der Waals surface area contributed by atoms with Crippen LogP contribution in [0.2, 0.25) is 0 Å². The minimum absolute atomic E-state index is 0.0341. The molecule has 0 aromatic rings.